The van der Waals surface area contributed by atoms with Gasteiger partial charge in [0.1, 0.15) is 5.82 Å². The molecule has 0 spiro atoms. The van der Waals surface area contributed by atoms with Crippen LogP contribution in [0.4, 0.5) is 19.0 Å². The second-order valence-corrected chi connectivity index (χ2v) is 4.96. The van der Waals surface area contributed by atoms with Gasteiger partial charge < -0.3 is 10.0 Å². The van der Waals surface area contributed by atoms with Crippen molar-refractivity contribution in [2.75, 3.05) is 18.1 Å². The van der Waals surface area contributed by atoms with Crippen LogP contribution in [0.2, 0.25) is 0 Å². The van der Waals surface area contributed by atoms with Crippen molar-refractivity contribution >= 4 is 17.2 Å². The van der Waals surface area contributed by atoms with Crippen molar-refractivity contribution in [1.82, 2.24) is 4.98 Å². The van der Waals surface area contributed by atoms with E-state index >= 15 is 0 Å². The van der Waals surface area contributed by atoms with Crippen molar-refractivity contribution < 1.29 is 18.3 Å². The lowest BCUT2D eigenvalue weighted by atomic mass is 10.2. The van der Waals surface area contributed by atoms with Gasteiger partial charge in [0, 0.05) is 19.3 Å². The van der Waals surface area contributed by atoms with Gasteiger partial charge in [0.2, 0.25) is 0 Å². The van der Waals surface area contributed by atoms with E-state index in [4.69, 9.17) is 5.11 Å². The number of pyridine rings is 1. The monoisotopic (exact) mass is 302 g/mol. The van der Waals surface area contributed by atoms with Crippen LogP contribution in [0, 0.1) is 0 Å². The highest BCUT2D eigenvalue weighted by Crippen LogP contribution is 2.29. The molecule has 0 aliphatic rings. The van der Waals surface area contributed by atoms with E-state index in [1.54, 1.807) is 16.2 Å². The van der Waals surface area contributed by atoms with Crippen molar-refractivity contribution in [3.8, 4) is 0 Å². The highest BCUT2D eigenvalue weighted by Gasteiger charge is 2.30. The molecule has 0 atom stereocenters. The highest BCUT2D eigenvalue weighted by atomic mass is 32.1. The van der Waals surface area contributed by atoms with Crippen LogP contribution in [-0.4, -0.2) is 23.2 Å². The van der Waals surface area contributed by atoms with Crippen LogP contribution in [0.3, 0.4) is 0 Å². The lowest BCUT2D eigenvalue weighted by molar-refractivity contribution is -0.137. The second kappa shape index (κ2) is 6.23. The maximum atomic E-state index is 12.5. The van der Waals surface area contributed by atoms with Crippen LogP contribution < -0.4 is 4.90 Å². The Bertz CT molecular complexity index is 526. The first kappa shape index (κ1) is 14.8. The normalized spacial score (nSPS) is 11.6. The molecule has 0 saturated heterocycles. The highest BCUT2D eigenvalue weighted by molar-refractivity contribution is 7.07. The molecule has 0 aliphatic carbocycles. The Kier molecular flexibility index (Phi) is 4.61. The standard InChI is InChI=1S/C13H13F3N2OS/c14-13(15,16)11-1-2-12(17-7-11)18(4-5-19)8-10-3-6-20-9-10/h1-3,6-7,9,19H,4-5,8H2. The molecule has 3 nitrogen and oxygen atoms in total. The van der Waals surface area contributed by atoms with E-state index < -0.39 is 11.7 Å². The molecular weight excluding hydrogens is 289 g/mol. The third-order valence-corrected chi connectivity index (χ3v) is 3.45. The van der Waals surface area contributed by atoms with E-state index in [2.05, 4.69) is 4.98 Å². The molecule has 0 amide bonds. The second-order valence-electron chi connectivity index (χ2n) is 4.18. The smallest absolute Gasteiger partial charge is 0.395 e. The Morgan fingerprint density at radius 1 is 1.25 bits per heavy atom. The number of nitrogens with zero attached hydrogens (tertiary/aromatic N) is 2. The van der Waals surface area contributed by atoms with Gasteiger partial charge in [-0.15, -0.1) is 0 Å². The number of hydrogen-bond donors (Lipinski definition) is 1. The molecule has 0 radical (unpaired) electrons. The van der Waals surface area contributed by atoms with Crippen LogP contribution in [0.1, 0.15) is 11.1 Å². The molecule has 7 heteroatoms. The van der Waals surface area contributed by atoms with E-state index in [9.17, 15) is 13.2 Å². The number of hydrogen-bond acceptors (Lipinski definition) is 4. The summed E-state index contributed by atoms with van der Waals surface area (Å²) in [7, 11) is 0. The molecule has 0 fully saturated rings. The number of aliphatic hydroxyl groups is 1. The largest absolute Gasteiger partial charge is 0.417 e. The SMILES string of the molecule is OCCN(Cc1ccsc1)c1ccc(C(F)(F)F)cn1. The third kappa shape index (κ3) is 3.71. The summed E-state index contributed by atoms with van der Waals surface area (Å²) in [6.07, 6.45) is -3.58. The lowest BCUT2D eigenvalue weighted by Crippen LogP contribution is -2.26. The quantitative estimate of drug-likeness (QED) is 0.921. The van der Waals surface area contributed by atoms with Gasteiger partial charge in [-0.1, -0.05) is 0 Å². The molecular formula is C13H13F3N2OS. The fourth-order valence-electron chi connectivity index (χ4n) is 1.74. The zero-order chi connectivity index (χ0) is 14.6. The summed E-state index contributed by atoms with van der Waals surface area (Å²) in [5, 5.41) is 12.9. The van der Waals surface area contributed by atoms with Crippen molar-refractivity contribution in [3.63, 3.8) is 0 Å². The Morgan fingerprint density at radius 2 is 2.05 bits per heavy atom. The topological polar surface area (TPSA) is 36.4 Å². The average molecular weight is 302 g/mol. The van der Waals surface area contributed by atoms with Gasteiger partial charge >= 0.3 is 6.18 Å². The number of rotatable bonds is 5. The molecule has 20 heavy (non-hydrogen) atoms. The molecule has 0 aromatic carbocycles. The van der Waals surface area contributed by atoms with Crippen molar-refractivity contribution in [2.24, 2.45) is 0 Å². The fourth-order valence-corrected chi connectivity index (χ4v) is 2.40. The van der Waals surface area contributed by atoms with Gasteiger partial charge in [-0.25, -0.2) is 4.98 Å². The zero-order valence-corrected chi connectivity index (χ0v) is 11.3. The number of alkyl halides is 3. The van der Waals surface area contributed by atoms with Crippen molar-refractivity contribution in [3.05, 3.63) is 46.3 Å². The summed E-state index contributed by atoms with van der Waals surface area (Å²) in [5.41, 5.74) is 0.255. The van der Waals surface area contributed by atoms with Crippen LogP contribution >= 0.6 is 11.3 Å². The summed E-state index contributed by atoms with van der Waals surface area (Å²) < 4.78 is 37.4. The van der Waals surface area contributed by atoms with E-state index in [0.717, 1.165) is 17.8 Å². The molecule has 1 N–H and O–H groups in total. The Hall–Kier alpha value is -1.60. The van der Waals surface area contributed by atoms with E-state index in [1.807, 2.05) is 16.8 Å². The molecule has 2 heterocycles. The van der Waals surface area contributed by atoms with Gasteiger partial charge in [0.15, 0.2) is 0 Å². The minimum atomic E-state index is -4.39. The summed E-state index contributed by atoms with van der Waals surface area (Å²) in [5.74, 6) is 0.415. The number of halogens is 3. The summed E-state index contributed by atoms with van der Waals surface area (Å²) in [4.78, 5) is 5.58. The average Bonchev–Trinajstić information content (AvgIpc) is 2.90. The molecule has 0 saturated carbocycles. The fraction of sp³-hybridized carbons (Fsp3) is 0.308. The van der Waals surface area contributed by atoms with Crippen molar-refractivity contribution in [1.29, 1.82) is 0 Å². The van der Waals surface area contributed by atoms with Gasteiger partial charge in [-0.05, 0) is 34.5 Å². The Balaban J connectivity index is 2.17. The number of thiophene rings is 1. The van der Waals surface area contributed by atoms with E-state index in [1.165, 1.54) is 6.07 Å². The summed E-state index contributed by atoms with van der Waals surface area (Å²) in [6.45, 7) is 0.726. The molecule has 2 aromatic rings. The summed E-state index contributed by atoms with van der Waals surface area (Å²) >= 11 is 1.54. The van der Waals surface area contributed by atoms with Crippen LogP contribution in [0.25, 0.3) is 0 Å². The predicted octanol–water partition coefficient (Wildman–Crippen LogP) is 3.16. The summed E-state index contributed by atoms with van der Waals surface area (Å²) in [6, 6.07) is 4.25. The molecule has 0 aliphatic heterocycles. The molecule has 2 rings (SSSR count). The molecule has 2 aromatic heterocycles. The molecule has 0 bridgehead atoms. The maximum Gasteiger partial charge on any atom is 0.417 e. The maximum absolute atomic E-state index is 12.5. The lowest BCUT2D eigenvalue weighted by Gasteiger charge is -2.22. The number of anilines is 1. The van der Waals surface area contributed by atoms with E-state index in [0.29, 0.717) is 18.9 Å². The van der Waals surface area contributed by atoms with Gasteiger partial charge in [-0.3, -0.25) is 0 Å². The third-order valence-electron chi connectivity index (χ3n) is 2.72. The minimum Gasteiger partial charge on any atom is -0.395 e. The predicted molar refractivity (Wildman–Crippen MR) is 71.7 cm³/mol. The minimum absolute atomic E-state index is 0.0904. The number of aromatic nitrogens is 1. The van der Waals surface area contributed by atoms with Crippen LogP contribution in [0.15, 0.2) is 35.2 Å². The first-order valence-corrected chi connectivity index (χ1v) is 6.85. The van der Waals surface area contributed by atoms with E-state index in [-0.39, 0.29) is 6.61 Å². The Morgan fingerprint density at radius 3 is 2.55 bits per heavy atom. The van der Waals surface area contributed by atoms with Crippen LogP contribution in [-0.2, 0) is 12.7 Å². The Labute approximate surface area is 118 Å². The van der Waals surface area contributed by atoms with Gasteiger partial charge in [0.25, 0.3) is 0 Å². The van der Waals surface area contributed by atoms with Crippen molar-refractivity contribution in [2.45, 2.75) is 12.7 Å². The first-order valence-electron chi connectivity index (χ1n) is 5.91. The molecule has 108 valence electrons. The zero-order valence-electron chi connectivity index (χ0n) is 10.5. The number of aliphatic hydroxyl groups excluding tert-OH is 1. The molecule has 0 unspecified atom stereocenters. The van der Waals surface area contributed by atoms with Gasteiger partial charge in [0.05, 0.1) is 12.2 Å². The van der Waals surface area contributed by atoms with Gasteiger partial charge in [-0.2, -0.15) is 24.5 Å². The first-order chi connectivity index (χ1) is 9.50. The van der Waals surface area contributed by atoms with Crippen LogP contribution in [0.5, 0.6) is 0 Å².